The van der Waals surface area contributed by atoms with Gasteiger partial charge >= 0.3 is 6.03 Å². The fourth-order valence-corrected chi connectivity index (χ4v) is 2.06. The number of urea groups is 1. The van der Waals surface area contributed by atoms with Gasteiger partial charge in [-0.1, -0.05) is 11.6 Å². The van der Waals surface area contributed by atoms with Crippen molar-refractivity contribution < 1.29 is 4.79 Å². The zero-order chi connectivity index (χ0) is 15.1. The third-order valence-electron chi connectivity index (χ3n) is 3.16. The van der Waals surface area contributed by atoms with Crippen LogP contribution in [0.2, 0.25) is 5.02 Å². The van der Waals surface area contributed by atoms with Crippen molar-refractivity contribution in [3.8, 4) is 0 Å². The highest BCUT2D eigenvalue weighted by Crippen LogP contribution is 2.28. The van der Waals surface area contributed by atoms with Crippen LogP contribution in [0, 0.1) is 5.92 Å². The second-order valence-corrected chi connectivity index (χ2v) is 5.49. The van der Waals surface area contributed by atoms with E-state index in [1.807, 2.05) is 12.1 Å². The van der Waals surface area contributed by atoms with Crippen LogP contribution in [0.15, 0.2) is 23.3 Å². The van der Waals surface area contributed by atoms with Gasteiger partial charge < -0.3 is 11.1 Å². The Bertz CT molecular complexity index is 516. The number of aryl methyl sites for hydroxylation is 1. The van der Waals surface area contributed by atoms with E-state index in [1.54, 1.807) is 6.20 Å². The molecular formula is C14H20ClN5O. The molecule has 0 spiro atoms. The molecule has 6 nitrogen and oxygen atoms in total. The molecule has 1 aromatic rings. The van der Waals surface area contributed by atoms with Crippen molar-refractivity contribution in [2.75, 3.05) is 13.1 Å². The minimum atomic E-state index is -0.607. The minimum Gasteiger partial charge on any atom is -0.356 e. The summed E-state index contributed by atoms with van der Waals surface area (Å²) in [5, 5.41) is 6.28. The molecule has 0 unspecified atom stereocenters. The number of amides is 2. The molecule has 2 amide bonds. The number of carbonyl (C=O) groups excluding carboxylic acids is 1. The molecule has 0 aromatic carbocycles. The van der Waals surface area contributed by atoms with E-state index in [-0.39, 0.29) is 0 Å². The van der Waals surface area contributed by atoms with Crippen LogP contribution in [0.1, 0.15) is 25.0 Å². The lowest BCUT2D eigenvalue weighted by Gasteiger charge is -2.10. The van der Waals surface area contributed by atoms with Crippen molar-refractivity contribution in [2.45, 2.75) is 25.7 Å². The van der Waals surface area contributed by atoms with E-state index in [0.717, 1.165) is 25.1 Å². The van der Waals surface area contributed by atoms with Crippen molar-refractivity contribution in [1.29, 1.82) is 0 Å². The Kier molecular flexibility index (Phi) is 5.80. The normalized spacial score (nSPS) is 14.8. The summed E-state index contributed by atoms with van der Waals surface area (Å²) in [6, 6.07) is 3.03. The molecule has 1 fully saturated rings. The van der Waals surface area contributed by atoms with E-state index in [4.69, 9.17) is 17.3 Å². The Morgan fingerprint density at radius 3 is 3.00 bits per heavy atom. The quantitative estimate of drug-likeness (QED) is 0.424. The Balaban J connectivity index is 1.74. The molecular weight excluding hydrogens is 290 g/mol. The number of nitrogens with two attached hydrogens (primary N) is 1. The molecule has 1 aliphatic rings. The number of aliphatic imine (C=N–C) groups is 1. The Morgan fingerprint density at radius 1 is 1.52 bits per heavy atom. The molecule has 4 N–H and O–H groups in total. The molecule has 1 heterocycles. The van der Waals surface area contributed by atoms with Crippen LogP contribution in [0.4, 0.5) is 4.79 Å². The van der Waals surface area contributed by atoms with E-state index >= 15 is 0 Å². The van der Waals surface area contributed by atoms with Gasteiger partial charge in [0.1, 0.15) is 0 Å². The van der Waals surface area contributed by atoms with Gasteiger partial charge in [0.15, 0.2) is 5.96 Å². The molecule has 0 atom stereocenters. The van der Waals surface area contributed by atoms with Gasteiger partial charge in [0.2, 0.25) is 0 Å². The third kappa shape index (κ3) is 5.99. The number of nitrogens with zero attached hydrogens (tertiary/aromatic N) is 2. The van der Waals surface area contributed by atoms with E-state index in [2.05, 4.69) is 20.6 Å². The first-order chi connectivity index (χ1) is 10.1. The summed E-state index contributed by atoms with van der Waals surface area (Å²) in [7, 11) is 0. The summed E-state index contributed by atoms with van der Waals surface area (Å²) in [5.74, 6) is 1.10. The first kappa shape index (κ1) is 15.6. The highest BCUT2D eigenvalue weighted by molar-refractivity contribution is 6.31. The lowest BCUT2D eigenvalue weighted by molar-refractivity contribution is 0.253. The number of carbonyl (C=O) groups is 1. The SMILES string of the molecule is NC(=O)NC(=NCC1CC1)NCCCc1ncccc1Cl. The summed E-state index contributed by atoms with van der Waals surface area (Å²) in [4.78, 5) is 19.5. The number of guanidine groups is 1. The number of pyridine rings is 1. The zero-order valence-corrected chi connectivity index (χ0v) is 12.6. The number of halogens is 1. The monoisotopic (exact) mass is 309 g/mol. The smallest absolute Gasteiger partial charge is 0.318 e. The van der Waals surface area contributed by atoms with Crippen LogP contribution in [-0.2, 0) is 6.42 Å². The standard InChI is InChI=1S/C14H20ClN5O/c15-11-3-1-7-17-12(11)4-2-8-18-14(20-13(16)21)19-9-10-5-6-10/h1,3,7,10H,2,4-6,8-9H2,(H4,16,18,19,20,21). The van der Waals surface area contributed by atoms with E-state index in [1.165, 1.54) is 12.8 Å². The molecule has 0 aliphatic heterocycles. The molecule has 114 valence electrons. The minimum absolute atomic E-state index is 0.446. The van der Waals surface area contributed by atoms with Crippen LogP contribution >= 0.6 is 11.6 Å². The summed E-state index contributed by atoms with van der Waals surface area (Å²) < 4.78 is 0. The van der Waals surface area contributed by atoms with E-state index in [9.17, 15) is 4.79 Å². The van der Waals surface area contributed by atoms with Crippen molar-refractivity contribution in [3.63, 3.8) is 0 Å². The van der Waals surface area contributed by atoms with Crippen molar-refractivity contribution in [2.24, 2.45) is 16.6 Å². The molecule has 1 aliphatic carbocycles. The van der Waals surface area contributed by atoms with Crippen LogP contribution in [0.25, 0.3) is 0 Å². The van der Waals surface area contributed by atoms with Crippen LogP contribution in [0.5, 0.6) is 0 Å². The van der Waals surface area contributed by atoms with Gasteiger partial charge in [-0.05, 0) is 43.7 Å². The molecule has 1 aromatic heterocycles. The van der Waals surface area contributed by atoms with Gasteiger partial charge in [0, 0.05) is 19.3 Å². The first-order valence-corrected chi connectivity index (χ1v) is 7.47. The van der Waals surface area contributed by atoms with Gasteiger partial charge in [-0.3, -0.25) is 15.3 Å². The number of rotatable bonds is 6. The summed E-state index contributed by atoms with van der Waals surface area (Å²) in [6.07, 6.45) is 5.75. The Morgan fingerprint density at radius 2 is 2.33 bits per heavy atom. The molecule has 0 bridgehead atoms. The molecule has 0 saturated heterocycles. The molecule has 7 heteroatoms. The summed E-state index contributed by atoms with van der Waals surface area (Å²) in [5.41, 5.74) is 6.01. The highest BCUT2D eigenvalue weighted by Gasteiger charge is 2.20. The maximum absolute atomic E-state index is 10.9. The van der Waals surface area contributed by atoms with Crippen molar-refractivity contribution >= 4 is 23.6 Å². The topological polar surface area (TPSA) is 92.4 Å². The second-order valence-electron chi connectivity index (χ2n) is 5.08. The fourth-order valence-electron chi connectivity index (χ4n) is 1.84. The fraction of sp³-hybridized carbons (Fsp3) is 0.500. The number of hydrogen-bond acceptors (Lipinski definition) is 3. The van der Waals surface area contributed by atoms with Crippen molar-refractivity contribution in [3.05, 3.63) is 29.0 Å². The molecule has 0 radical (unpaired) electrons. The van der Waals surface area contributed by atoms with Gasteiger partial charge in [-0.2, -0.15) is 0 Å². The zero-order valence-electron chi connectivity index (χ0n) is 11.8. The Labute approximate surface area is 129 Å². The maximum atomic E-state index is 10.9. The highest BCUT2D eigenvalue weighted by atomic mass is 35.5. The number of hydrogen-bond donors (Lipinski definition) is 3. The lowest BCUT2D eigenvalue weighted by atomic mass is 10.2. The molecule has 1 saturated carbocycles. The maximum Gasteiger partial charge on any atom is 0.318 e. The second kappa shape index (κ2) is 7.83. The van der Waals surface area contributed by atoms with Crippen molar-refractivity contribution in [1.82, 2.24) is 15.6 Å². The average molecular weight is 310 g/mol. The van der Waals surface area contributed by atoms with Gasteiger partial charge in [-0.25, -0.2) is 4.79 Å². The molecule has 21 heavy (non-hydrogen) atoms. The summed E-state index contributed by atoms with van der Waals surface area (Å²) >= 11 is 6.05. The van der Waals surface area contributed by atoms with Gasteiger partial charge in [0.25, 0.3) is 0 Å². The number of primary amides is 1. The predicted octanol–water partition coefficient (Wildman–Crippen LogP) is 1.69. The van der Waals surface area contributed by atoms with E-state index < -0.39 is 6.03 Å². The third-order valence-corrected chi connectivity index (χ3v) is 3.51. The van der Waals surface area contributed by atoms with E-state index in [0.29, 0.717) is 23.4 Å². The van der Waals surface area contributed by atoms with Crippen LogP contribution in [-0.4, -0.2) is 30.1 Å². The molecule has 2 rings (SSSR count). The van der Waals surface area contributed by atoms with Crippen LogP contribution in [0.3, 0.4) is 0 Å². The Hall–Kier alpha value is -1.82. The number of nitrogens with one attached hydrogen (secondary N) is 2. The lowest BCUT2D eigenvalue weighted by Crippen LogP contribution is -2.44. The largest absolute Gasteiger partial charge is 0.356 e. The summed E-state index contributed by atoms with van der Waals surface area (Å²) in [6.45, 7) is 1.39. The van der Waals surface area contributed by atoms with Crippen LogP contribution < -0.4 is 16.4 Å². The number of aromatic nitrogens is 1. The average Bonchev–Trinajstić information content (AvgIpc) is 3.26. The first-order valence-electron chi connectivity index (χ1n) is 7.09. The van der Waals surface area contributed by atoms with Gasteiger partial charge in [0.05, 0.1) is 10.7 Å². The predicted molar refractivity (Wildman–Crippen MR) is 83.3 cm³/mol. The van der Waals surface area contributed by atoms with Gasteiger partial charge in [-0.15, -0.1) is 0 Å².